The first kappa shape index (κ1) is 16.5. The largest absolute Gasteiger partial charge is 0.416 e. The van der Waals surface area contributed by atoms with E-state index in [1.165, 1.54) is 12.1 Å². The minimum atomic E-state index is -4.33. The van der Waals surface area contributed by atoms with Gasteiger partial charge in [0, 0.05) is 23.8 Å². The third kappa shape index (κ3) is 2.77. The van der Waals surface area contributed by atoms with Crippen molar-refractivity contribution in [2.24, 2.45) is 0 Å². The number of fused-ring (bicyclic) bond motifs is 3. The average molecular weight is 351 g/mol. The van der Waals surface area contributed by atoms with Gasteiger partial charge in [-0.05, 0) is 46.5 Å². The van der Waals surface area contributed by atoms with Gasteiger partial charge in [0.1, 0.15) is 0 Å². The number of hydrogen-bond donors (Lipinski definition) is 0. The molecule has 0 aromatic heterocycles. The van der Waals surface area contributed by atoms with Crippen LogP contribution >= 0.6 is 0 Å². The van der Waals surface area contributed by atoms with Gasteiger partial charge >= 0.3 is 6.18 Å². The van der Waals surface area contributed by atoms with Crippen LogP contribution < -0.4 is 4.90 Å². The van der Waals surface area contributed by atoms with Gasteiger partial charge in [0.2, 0.25) is 0 Å². The van der Waals surface area contributed by atoms with E-state index in [0.29, 0.717) is 5.69 Å². The third-order valence-electron chi connectivity index (χ3n) is 4.69. The second-order valence-corrected chi connectivity index (χ2v) is 6.27. The summed E-state index contributed by atoms with van der Waals surface area (Å²) < 4.78 is 38.4. The van der Waals surface area contributed by atoms with Crippen molar-refractivity contribution < 1.29 is 13.2 Å². The van der Waals surface area contributed by atoms with Crippen LogP contribution in [0.3, 0.4) is 0 Å². The summed E-state index contributed by atoms with van der Waals surface area (Å²) in [4.78, 5) is 1.93. The lowest BCUT2D eigenvalue weighted by Crippen LogP contribution is -2.11. The molecule has 0 radical (unpaired) electrons. The van der Waals surface area contributed by atoms with E-state index in [2.05, 4.69) is 18.2 Å². The molecule has 0 unspecified atom stereocenters. The van der Waals surface area contributed by atoms with Crippen LogP contribution in [0.5, 0.6) is 0 Å². The number of halogens is 3. The number of benzene rings is 4. The second-order valence-electron chi connectivity index (χ2n) is 6.27. The normalized spacial score (nSPS) is 11.8. The standard InChI is InChI=1S/C22H16F3N/c1-26(17-12-10-16(11-13-17)22(23,24)25)21-14-15-6-2-3-7-18(15)19-8-4-5-9-20(19)21/h2-14H,1H3. The zero-order valence-corrected chi connectivity index (χ0v) is 14.1. The van der Waals surface area contributed by atoms with Gasteiger partial charge in [-0.3, -0.25) is 0 Å². The van der Waals surface area contributed by atoms with E-state index in [9.17, 15) is 13.2 Å². The first-order valence-corrected chi connectivity index (χ1v) is 8.26. The van der Waals surface area contributed by atoms with Crippen molar-refractivity contribution in [3.8, 4) is 0 Å². The zero-order valence-electron chi connectivity index (χ0n) is 14.1. The summed E-state index contributed by atoms with van der Waals surface area (Å²) in [7, 11) is 1.87. The van der Waals surface area contributed by atoms with E-state index in [-0.39, 0.29) is 0 Å². The van der Waals surface area contributed by atoms with Crippen molar-refractivity contribution >= 4 is 32.9 Å². The van der Waals surface area contributed by atoms with E-state index >= 15 is 0 Å². The van der Waals surface area contributed by atoms with E-state index in [4.69, 9.17) is 0 Å². The highest BCUT2D eigenvalue weighted by Crippen LogP contribution is 2.37. The van der Waals surface area contributed by atoms with Crippen LogP contribution in [0.25, 0.3) is 21.5 Å². The van der Waals surface area contributed by atoms with Gasteiger partial charge in [0.05, 0.1) is 5.56 Å². The summed E-state index contributed by atoms with van der Waals surface area (Å²) in [6, 6.07) is 23.5. The second kappa shape index (κ2) is 6.06. The molecule has 0 aliphatic heterocycles. The zero-order chi connectivity index (χ0) is 18.3. The Morgan fingerprint density at radius 2 is 1.27 bits per heavy atom. The monoisotopic (exact) mass is 351 g/mol. The summed E-state index contributed by atoms with van der Waals surface area (Å²) in [6.45, 7) is 0. The van der Waals surface area contributed by atoms with Gasteiger partial charge in [0.15, 0.2) is 0 Å². The summed E-state index contributed by atoms with van der Waals surface area (Å²) in [6.07, 6.45) is -4.33. The molecule has 0 atom stereocenters. The predicted molar refractivity (Wildman–Crippen MR) is 101 cm³/mol. The summed E-state index contributed by atoms with van der Waals surface area (Å²) in [5, 5.41) is 4.44. The van der Waals surface area contributed by atoms with Crippen LogP contribution in [0.1, 0.15) is 5.56 Å². The lowest BCUT2D eigenvalue weighted by molar-refractivity contribution is -0.137. The van der Waals surface area contributed by atoms with Crippen LogP contribution in [-0.2, 0) is 6.18 Å². The van der Waals surface area contributed by atoms with Crippen LogP contribution in [0.2, 0.25) is 0 Å². The molecule has 130 valence electrons. The van der Waals surface area contributed by atoms with Crippen molar-refractivity contribution in [3.05, 3.63) is 84.4 Å². The molecule has 26 heavy (non-hydrogen) atoms. The van der Waals surface area contributed by atoms with Crippen molar-refractivity contribution in [1.82, 2.24) is 0 Å². The lowest BCUT2D eigenvalue weighted by atomic mass is 9.99. The highest BCUT2D eigenvalue weighted by molar-refractivity contribution is 6.13. The number of rotatable bonds is 2. The molecule has 0 bridgehead atoms. The molecule has 0 saturated heterocycles. The van der Waals surface area contributed by atoms with Crippen molar-refractivity contribution in [2.75, 3.05) is 11.9 Å². The number of hydrogen-bond acceptors (Lipinski definition) is 1. The molecule has 0 saturated carbocycles. The molecule has 0 spiro atoms. The fraction of sp³-hybridized carbons (Fsp3) is 0.0909. The molecule has 0 amide bonds. The van der Waals surface area contributed by atoms with Crippen LogP contribution in [0.15, 0.2) is 78.9 Å². The smallest absolute Gasteiger partial charge is 0.344 e. The van der Waals surface area contributed by atoms with Crippen LogP contribution in [-0.4, -0.2) is 7.05 Å². The molecular weight excluding hydrogens is 335 g/mol. The highest BCUT2D eigenvalue weighted by Gasteiger charge is 2.30. The van der Waals surface area contributed by atoms with Crippen molar-refractivity contribution in [1.29, 1.82) is 0 Å². The highest BCUT2D eigenvalue weighted by atomic mass is 19.4. The van der Waals surface area contributed by atoms with Gasteiger partial charge in [-0.2, -0.15) is 13.2 Å². The fourth-order valence-electron chi connectivity index (χ4n) is 3.33. The van der Waals surface area contributed by atoms with Crippen molar-refractivity contribution in [2.45, 2.75) is 6.18 Å². The van der Waals surface area contributed by atoms with Crippen LogP contribution in [0.4, 0.5) is 24.5 Å². The molecule has 1 nitrogen and oxygen atoms in total. The lowest BCUT2D eigenvalue weighted by Gasteiger charge is -2.23. The Morgan fingerprint density at radius 3 is 1.92 bits per heavy atom. The van der Waals surface area contributed by atoms with Gasteiger partial charge in [-0.15, -0.1) is 0 Å². The maximum absolute atomic E-state index is 12.8. The summed E-state index contributed by atoms with van der Waals surface area (Å²) >= 11 is 0. The third-order valence-corrected chi connectivity index (χ3v) is 4.69. The Balaban J connectivity index is 1.87. The van der Waals surface area contributed by atoms with Gasteiger partial charge in [0.25, 0.3) is 0 Å². The van der Waals surface area contributed by atoms with Gasteiger partial charge in [-0.25, -0.2) is 0 Å². The molecule has 0 N–H and O–H groups in total. The molecule has 0 fully saturated rings. The van der Waals surface area contributed by atoms with Crippen molar-refractivity contribution in [3.63, 3.8) is 0 Å². The Labute approximate surface area is 149 Å². The SMILES string of the molecule is CN(c1ccc(C(F)(F)F)cc1)c1cc2ccccc2c2ccccc12. The minimum absolute atomic E-state index is 0.641. The molecule has 4 aromatic carbocycles. The Bertz CT molecular complexity index is 1080. The first-order valence-electron chi connectivity index (χ1n) is 8.26. The van der Waals surface area contributed by atoms with E-state index in [1.807, 2.05) is 48.3 Å². The molecule has 0 aliphatic carbocycles. The van der Waals surface area contributed by atoms with E-state index in [1.54, 1.807) is 0 Å². The molecule has 4 heteroatoms. The van der Waals surface area contributed by atoms with E-state index in [0.717, 1.165) is 39.4 Å². The predicted octanol–water partition coefficient (Wildman–Crippen LogP) is 6.78. The van der Waals surface area contributed by atoms with Gasteiger partial charge < -0.3 is 4.90 Å². The average Bonchev–Trinajstić information content (AvgIpc) is 2.66. The molecular formula is C22H16F3N. The Hall–Kier alpha value is -3.01. The Kier molecular flexibility index (Phi) is 3.83. The summed E-state index contributed by atoms with van der Waals surface area (Å²) in [5.74, 6) is 0. The minimum Gasteiger partial charge on any atom is -0.344 e. The first-order chi connectivity index (χ1) is 12.4. The number of anilines is 2. The summed E-state index contributed by atoms with van der Waals surface area (Å²) in [5.41, 5.74) is 1.02. The molecule has 4 rings (SSSR count). The maximum atomic E-state index is 12.8. The topological polar surface area (TPSA) is 3.24 Å². The maximum Gasteiger partial charge on any atom is 0.416 e. The fourth-order valence-corrected chi connectivity index (χ4v) is 3.33. The number of alkyl halides is 3. The van der Waals surface area contributed by atoms with Gasteiger partial charge in [-0.1, -0.05) is 48.5 Å². The van der Waals surface area contributed by atoms with Crippen LogP contribution in [0, 0.1) is 0 Å². The molecule has 0 heterocycles. The van der Waals surface area contributed by atoms with E-state index < -0.39 is 11.7 Å². The number of nitrogens with zero attached hydrogens (tertiary/aromatic N) is 1. The quantitative estimate of drug-likeness (QED) is 0.360. The molecule has 0 aliphatic rings. The molecule has 4 aromatic rings. The Morgan fingerprint density at radius 1 is 0.692 bits per heavy atom.